The molecule has 0 aromatic carbocycles. The van der Waals surface area contributed by atoms with Gasteiger partial charge in [0.05, 0.1) is 6.04 Å². The highest BCUT2D eigenvalue weighted by Gasteiger charge is 2.13. The maximum absolute atomic E-state index is 11.7. The smallest absolute Gasteiger partial charge is 0.236 e. The molecule has 5 nitrogen and oxygen atoms in total. The molecule has 0 spiro atoms. The zero-order valence-corrected chi connectivity index (χ0v) is 12.1. The van der Waals surface area contributed by atoms with Crippen molar-refractivity contribution in [2.75, 3.05) is 6.54 Å². The van der Waals surface area contributed by atoms with Gasteiger partial charge in [-0.15, -0.1) is 0 Å². The summed E-state index contributed by atoms with van der Waals surface area (Å²) in [5.74, 6) is 0.0101. The van der Waals surface area contributed by atoms with Crippen LogP contribution in [0.3, 0.4) is 0 Å². The Morgan fingerprint density at radius 1 is 1.58 bits per heavy atom. The molecule has 0 bridgehead atoms. The number of aromatic nitrogens is 1. The van der Waals surface area contributed by atoms with E-state index in [9.17, 15) is 4.79 Å². The first-order valence-corrected chi connectivity index (χ1v) is 6.57. The van der Waals surface area contributed by atoms with Crippen LogP contribution in [0.2, 0.25) is 0 Å². The lowest BCUT2D eigenvalue weighted by Gasteiger charge is -2.13. The van der Waals surface area contributed by atoms with Crippen molar-refractivity contribution in [2.24, 2.45) is 7.05 Å². The zero-order valence-electron chi connectivity index (χ0n) is 12.1. The van der Waals surface area contributed by atoms with Gasteiger partial charge in [0.1, 0.15) is 11.8 Å². The minimum atomic E-state index is -0.239. The van der Waals surface area contributed by atoms with Crippen molar-refractivity contribution in [1.29, 1.82) is 5.26 Å². The van der Waals surface area contributed by atoms with E-state index < -0.39 is 0 Å². The Labute approximate surface area is 114 Å². The number of nitrogens with one attached hydrogen (secondary N) is 2. The summed E-state index contributed by atoms with van der Waals surface area (Å²) in [6.07, 6.45) is 0.932. The number of hydrogen-bond acceptors (Lipinski definition) is 3. The molecular weight excluding hydrogens is 240 g/mol. The largest absolute Gasteiger partial charge is 0.355 e. The molecule has 0 radical (unpaired) electrons. The molecule has 1 aromatic heterocycles. The topological polar surface area (TPSA) is 69.8 Å². The normalized spacial score (nSPS) is 11.9. The summed E-state index contributed by atoms with van der Waals surface area (Å²) in [5, 5.41) is 15.0. The number of carbonyl (C=O) groups is 1. The molecule has 1 aromatic rings. The highest BCUT2D eigenvalue weighted by molar-refractivity contribution is 5.81. The van der Waals surface area contributed by atoms with Crippen molar-refractivity contribution in [1.82, 2.24) is 15.2 Å². The lowest BCUT2D eigenvalue weighted by atomic mass is 10.2. The summed E-state index contributed by atoms with van der Waals surface area (Å²) in [5.41, 5.74) is 2.73. The van der Waals surface area contributed by atoms with Gasteiger partial charge in [0.25, 0.3) is 0 Å². The minimum absolute atomic E-state index is 0.0101. The number of rotatable bonds is 6. The zero-order chi connectivity index (χ0) is 14.4. The highest BCUT2D eigenvalue weighted by atomic mass is 16.2. The van der Waals surface area contributed by atoms with E-state index in [-0.39, 0.29) is 11.9 Å². The first kappa shape index (κ1) is 15.3. The van der Waals surface area contributed by atoms with Gasteiger partial charge in [-0.05, 0) is 31.9 Å². The minimum Gasteiger partial charge on any atom is -0.355 e. The van der Waals surface area contributed by atoms with Gasteiger partial charge < -0.3 is 15.2 Å². The molecule has 2 N–H and O–H groups in total. The van der Waals surface area contributed by atoms with Gasteiger partial charge in [-0.3, -0.25) is 4.79 Å². The van der Waals surface area contributed by atoms with Gasteiger partial charge in [0.2, 0.25) is 5.91 Å². The van der Waals surface area contributed by atoms with Crippen LogP contribution in [-0.2, 0) is 18.4 Å². The fourth-order valence-corrected chi connectivity index (χ4v) is 1.81. The standard InChI is InChI=1S/C14H22N4O/c1-5-6-16-14(19)10(2)17-9-12-7-13(8-15)18(4)11(12)3/h7,10,17H,5-6,9H2,1-4H3,(H,16,19). The van der Waals surface area contributed by atoms with Crippen LogP contribution >= 0.6 is 0 Å². The van der Waals surface area contributed by atoms with E-state index in [4.69, 9.17) is 5.26 Å². The monoisotopic (exact) mass is 262 g/mol. The lowest BCUT2D eigenvalue weighted by molar-refractivity contribution is -0.122. The van der Waals surface area contributed by atoms with Crippen molar-refractivity contribution >= 4 is 5.91 Å². The predicted molar refractivity (Wildman–Crippen MR) is 74.5 cm³/mol. The Morgan fingerprint density at radius 2 is 2.26 bits per heavy atom. The van der Waals surface area contributed by atoms with E-state index in [1.807, 2.05) is 38.5 Å². The van der Waals surface area contributed by atoms with Crippen molar-refractivity contribution in [2.45, 2.75) is 39.8 Å². The van der Waals surface area contributed by atoms with Crippen LogP contribution in [0.4, 0.5) is 0 Å². The molecule has 1 heterocycles. The Bertz CT molecular complexity index is 484. The number of carbonyl (C=O) groups excluding carboxylic acids is 1. The predicted octanol–water partition coefficient (Wildman–Crippen LogP) is 1.21. The fraction of sp³-hybridized carbons (Fsp3) is 0.571. The molecule has 1 amide bonds. The second kappa shape index (κ2) is 6.95. The molecule has 104 valence electrons. The van der Waals surface area contributed by atoms with Crippen LogP contribution in [0.1, 0.15) is 37.2 Å². The third-order valence-electron chi connectivity index (χ3n) is 3.30. The van der Waals surface area contributed by atoms with Crippen molar-refractivity contribution < 1.29 is 4.79 Å². The third kappa shape index (κ3) is 3.83. The maximum Gasteiger partial charge on any atom is 0.236 e. The van der Waals surface area contributed by atoms with Gasteiger partial charge in [0.15, 0.2) is 0 Å². The Morgan fingerprint density at radius 3 is 2.79 bits per heavy atom. The van der Waals surface area contributed by atoms with Crippen molar-refractivity contribution in [3.05, 3.63) is 23.0 Å². The number of amides is 1. The van der Waals surface area contributed by atoms with Gasteiger partial charge in [-0.25, -0.2) is 0 Å². The molecule has 0 fully saturated rings. The number of nitriles is 1. The van der Waals surface area contributed by atoms with Crippen LogP contribution in [0.25, 0.3) is 0 Å². The Balaban J connectivity index is 2.58. The maximum atomic E-state index is 11.7. The SMILES string of the molecule is CCCNC(=O)C(C)NCc1cc(C#N)n(C)c1C. The summed E-state index contributed by atoms with van der Waals surface area (Å²) < 4.78 is 1.86. The van der Waals surface area contributed by atoms with Crippen molar-refractivity contribution in [3.8, 4) is 6.07 Å². The molecule has 5 heteroatoms. The van der Waals surface area contributed by atoms with Crippen LogP contribution in [0, 0.1) is 18.3 Å². The second-order valence-electron chi connectivity index (χ2n) is 4.70. The van der Waals surface area contributed by atoms with Gasteiger partial charge in [0, 0.05) is 25.8 Å². The molecular formula is C14H22N4O. The average Bonchev–Trinajstić information content (AvgIpc) is 2.69. The first-order valence-electron chi connectivity index (χ1n) is 6.57. The van der Waals surface area contributed by atoms with E-state index in [0.29, 0.717) is 18.8 Å². The lowest BCUT2D eigenvalue weighted by Crippen LogP contribution is -2.42. The first-order chi connectivity index (χ1) is 9.01. The van der Waals surface area contributed by atoms with E-state index in [1.54, 1.807) is 0 Å². The van der Waals surface area contributed by atoms with Crippen LogP contribution in [0.15, 0.2) is 6.07 Å². The molecule has 0 saturated carbocycles. The summed E-state index contributed by atoms with van der Waals surface area (Å²) in [6.45, 7) is 7.12. The van der Waals surface area contributed by atoms with E-state index in [1.165, 1.54) is 0 Å². The van der Waals surface area contributed by atoms with Crippen LogP contribution in [0.5, 0.6) is 0 Å². The summed E-state index contributed by atoms with van der Waals surface area (Å²) >= 11 is 0. The van der Waals surface area contributed by atoms with Gasteiger partial charge >= 0.3 is 0 Å². The summed E-state index contributed by atoms with van der Waals surface area (Å²) in [6, 6.07) is 3.77. The number of nitrogens with zero attached hydrogens (tertiary/aromatic N) is 2. The molecule has 0 aliphatic rings. The van der Waals surface area contributed by atoms with Crippen LogP contribution < -0.4 is 10.6 Å². The Hall–Kier alpha value is -1.80. The molecule has 1 unspecified atom stereocenters. The molecule has 0 aliphatic carbocycles. The highest BCUT2D eigenvalue weighted by Crippen LogP contribution is 2.13. The third-order valence-corrected chi connectivity index (χ3v) is 3.30. The van der Waals surface area contributed by atoms with Crippen molar-refractivity contribution in [3.63, 3.8) is 0 Å². The molecule has 19 heavy (non-hydrogen) atoms. The van der Waals surface area contributed by atoms with E-state index in [0.717, 1.165) is 17.7 Å². The fourth-order valence-electron chi connectivity index (χ4n) is 1.81. The summed E-state index contributed by atoms with van der Waals surface area (Å²) in [7, 11) is 1.87. The van der Waals surface area contributed by atoms with Gasteiger partial charge in [-0.1, -0.05) is 6.92 Å². The van der Waals surface area contributed by atoms with E-state index >= 15 is 0 Å². The van der Waals surface area contributed by atoms with Crippen LogP contribution in [-0.4, -0.2) is 23.1 Å². The molecule has 0 saturated heterocycles. The van der Waals surface area contributed by atoms with E-state index in [2.05, 4.69) is 16.7 Å². The number of hydrogen-bond donors (Lipinski definition) is 2. The summed E-state index contributed by atoms with van der Waals surface area (Å²) in [4.78, 5) is 11.7. The molecule has 0 aliphatic heterocycles. The molecule has 1 rings (SSSR count). The van der Waals surface area contributed by atoms with Gasteiger partial charge in [-0.2, -0.15) is 5.26 Å². The average molecular weight is 262 g/mol. The molecule has 1 atom stereocenters. The quantitative estimate of drug-likeness (QED) is 0.809. The Kier molecular flexibility index (Phi) is 5.58. The second-order valence-corrected chi connectivity index (χ2v) is 4.70.